The SMILES string of the molecule is O=c1[nH]cc(CBr)c(C(F)F)c1I. The van der Waals surface area contributed by atoms with E-state index in [-0.39, 0.29) is 9.13 Å². The van der Waals surface area contributed by atoms with E-state index in [1.54, 1.807) is 22.6 Å². The zero-order valence-corrected chi connectivity index (χ0v) is 10.0. The van der Waals surface area contributed by atoms with Crippen molar-refractivity contribution in [3.05, 3.63) is 31.2 Å². The van der Waals surface area contributed by atoms with E-state index in [2.05, 4.69) is 20.9 Å². The molecular formula is C7H5BrF2INO. The number of aromatic amines is 1. The maximum absolute atomic E-state index is 12.5. The first kappa shape index (κ1) is 11.1. The number of aromatic nitrogens is 1. The lowest BCUT2D eigenvalue weighted by Crippen LogP contribution is -2.14. The number of rotatable bonds is 2. The molecule has 0 saturated heterocycles. The lowest BCUT2D eigenvalue weighted by molar-refractivity contribution is 0.149. The van der Waals surface area contributed by atoms with E-state index in [1.807, 2.05) is 0 Å². The van der Waals surface area contributed by atoms with Crippen molar-refractivity contribution in [2.75, 3.05) is 0 Å². The van der Waals surface area contributed by atoms with Crippen molar-refractivity contribution in [3.63, 3.8) is 0 Å². The fraction of sp³-hybridized carbons (Fsp3) is 0.286. The Morgan fingerprint density at radius 1 is 1.62 bits per heavy atom. The third-order valence-electron chi connectivity index (χ3n) is 1.52. The van der Waals surface area contributed by atoms with Gasteiger partial charge in [-0.1, -0.05) is 15.9 Å². The average Bonchev–Trinajstić information content (AvgIpc) is 2.08. The molecule has 0 aliphatic heterocycles. The fourth-order valence-electron chi connectivity index (χ4n) is 0.904. The van der Waals surface area contributed by atoms with Gasteiger partial charge >= 0.3 is 0 Å². The normalized spacial score (nSPS) is 10.8. The van der Waals surface area contributed by atoms with E-state index in [0.717, 1.165) is 0 Å². The number of hydrogen-bond acceptors (Lipinski definition) is 1. The maximum Gasteiger partial charge on any atom is 0.265 e. The third kappa shape index (κ3) is 2.28. The van der Waals surface area contributed by atoms with Gasteiger partial charge in [-0.15, -0.1) is 0 Å². The molecule has 1 N–H and O–H groups in total. The van der Waals surface area contributed by atoms with Gasteiger partial charge in [-0.2, -0.15) is 0 Å². The molecule has 0 bridgehead atoms. The minimum absolute atomic E-state index is 0.0598. The molecule has 72 valence electrons. The van der Waals surface area contributed by atoms with Gasteiger partial charge in [0.25, 0.3) is 12.0 Å². The van der Waals surface area contributed by atoms with E-state index in [4.69, 9.17) is 0 Å². The minimum atomic E-state index is -2.61. The molecule has 1 aromatic rings. The van der Waals surface area contributed by atoms with Crippen molar-refractivity contribution in [2.45, 2.75) is 11.8 Å². The third-order valence-corrected chi connectivity index (χ3v) is 3.20. The molecule has 1 aromatic heterocycles. The maximum atomic E-state index is 12.5. The van der Waals surface area contributed by atoms with Gasteiger partial charge in [0.15, 0.2) is 0 Å². The van der Waals surface area contributed by atoms with Crippen LogP contribution in [0.5, 0.6) is 0 Å². The summed E-state index contributed by atoms with van der Waals surface area (Å²) in [5.74, 6) is 0. The Hall–Kier alpha value is 0.0200. The highest BCUT2D eigenvalue weighted by atomic mass is 127. The number of hydrogen-bond donors (Lipinski definition) is 1. The summed E-state index contributed by atoms with van der Waals surface area (Å²) < 4.78 is 25.0. The Morgan fingerprint density at radius 2 is 2.23 bits per heavy atom. The summed E-state index contributed by atoms with van der Waals surface area (Å²) in [6.45, 7) is 0. The van der Waals surface area contributed by atoms with Gasteiger partial charge in [-0.3, -0.25) is 4.79 Å². The van der Waals surface area contributed by atoms with E-state index >= 15 is 0 Å². The van der Waals surface area contributed by atoms with Crippen molar-refractivity contribution < 1.29 is 8.78 Å². The molecule has 0 radical (unpaired) electrons. The van der Waals surface area contributed by atoms with Crippen LogP contribution in [0, 0.1) is 3.57 Å². The lowest BCUT2D eigenvalue weighted by Gasteiger charge is -2.06. The highest BCUT2D eigenvalue weighted by molar-refractivity contribution is 14.1. The molecule has 0 saturated carbocycles. The van der Waals surface area contributed by atoms with Crippen molar-refractivity contribution in [3.8, 4) is 0 Å². The summed E-state index contributed by atoms with van der Waals surface area (Å²) >= 11 is 4.70. The first-order chi connectivity index (χ1) is 6.07. The van der Waals surface area contributed by atoms with Gasteiger partial charge in [0.05, 0.1) is 3.57 Å². The number of pyridine rings is 1. The Balaban J connectivity index is 3.41. The molecule has 0 aromatic carbocycles. The average molecular weight is 364 g/mol. The van der Waals surface area contributed by atoms with E-state index in [1.165, 1.54) is 6.20 Å². The second-order valence-electron chi connectivity index (χ2n) is 2.31. The molecule has 0 aliphatic carbocycles. The van der Waals surface area contributed by atoms with Crippen LogP contribution in [0.4, 0.5) is 8.78 Å². The summed E-state index contributed by atoms with van der Waals surface area (Å²) in [7, 11) is 0. The topological polar surface area (TPSA) is 32.9 Å². The van der Waals surface area contributed by atoms with Crippen LogP contribution in [0.15, 0.2) is 11.0 Å². The molecule has 0 atom stereocenters. The summed E-state index contributed by atoms with van der Waals surface area (Å²) in [6.07, 6.45) is -1.30. The monoisotopic (exact) mass is 363 g/mol. The van der Waals surface area contributed by atoms with Crippen molar-refractivity contribution in [1.29, 1.82) is 0 Å². The van der Waals surface area contributed by atoms with Crippen LogP contribution < -0.4 is 5.56 Å². The van der Waals surface area contributed by atoms with Crippen LogP contribution in [0.25, 0.3) is 0 Å². The molecule has 6 heteroatoms. The van der Waals surface area contributed by atoms with Gasteiger partial charge < -0.3 is 4.98 Å². The van der Waals surface area contributed by atoms with Crippen molar-refractivity contribution in [2.24, 2.45) is 0 Å². The highest BCUT2D eigenvalue weighted by Crippen LogP contribution is 2.26. The van der Waals surface area contributed by atoms with E-state index in [9.17, 15) is 13.6 Å². The molecule has 0 amide bonds. The Bertz CT molecular complexity index is 366. The van der Waals surface area contributed by atoms with Crippen LogP contribution in [-0.4, -0.2) is 4.98 Å². The number of nitrogens with one attached hydrogen (secondary N) is 1. The van der Waals surface area contributed by atoms with Gasteiger partial charge in [0.1, 0.15) is 0 Å². The van der Waals surface area contributed by atoms with E-state index < -0.39 is 12.0 Å². The van der Waals surface area contributed by atoms with Crippen LogP contribution in [0.2, 0.25) is 0 Å². The fourth-order valence-corrected chi connectivity index (χ4v) is 2.10. The largest absolute Gasteiger partial charge is 0.328 e. The molecule has 1 heterocycles. The number of alkyl halides is 3. The van der Waals surface area contributed by atoms with Crippen LogP contribution in [0.3, 0.4) is 0 Å². The molecular weight excluding hydrogens is 359 g/mol. The molecule has 0 fully saturated rings. The van der Waals surface area contributed by atoms with Gasteiger partial charge in [-0.25, -0.2) is 8.78 Å². The van der Waals surface area contributed by atoms with Gasteiger partial charge in [-0.05, 0) is 28.2 Å². The smallest absolute Gasteiger partial charge is 0.265 e. The zero-order chi connectivity index (χ0) is 10.0. The molecule has 1 rings (SSSR count). The molecule has 0 spiro atoms. The quantitative estimate of drug-likeness (QED) is 0.636. The summed E-state index contributed by atoms with van der Waals surface area (Å²) in [6, 6.07) is 0. The van der Waals surface area contributed by atoms with Crippen molar-refractivity contribution >= 4 is 38.5 Å². The standard InChI is InChI=1S/C7H5BrF2INO/c8-1-3-2-12-7(13)5(11)4(3)6(9)10/h2,6H,1H2,(H,12,13). The second-order valence-corrected chi connectivity index (χ2v) is 3.94. The van der Waals surface area contributed by atoms with Gasteiger partial charge in [0, 0.05) is 17.1 Å². The molecule has 13 heavy (non-hydrogen) atoms. The van der Waals surface area contributed by atoms with E-state index in [0.29, 0.717) is 10.9 Å². The Kier molecular flexibility index (Phi) is 3.84. The first-order valence-corrected chi connectivity index (χ1v) is 5.52. The van der Waals surface area contributed by atoms with Gasteiger partial charge in [0.2, 0.25) is 0 Å². The predicted octanol–water partition coefficient (Wildman–Crippen LogP) is 2.81. The zero-order valence-electron chi connectivity index (χ0n) is 6.28. The highest BCUT2D eigenvalue weighted by Gasteiger charge is 2.18. The van der Waals surface area contributed by atoms with Crippen molar-refractivity contribution in [1.82, 2.24) is 4.98 Å². The first-order valence-electron chi connectivity index (χ1n) is 3.32. The lowest BCUT2D eigenvalue weighted by atomic mass is 10.2. The molecule has 0 aliphatic rings. The van der Waals surface area contributed by atoms with Crippen LogP contribution >= 0.6 is 38.5 Å². The summed E-state index contributed by atoms with van der Waals surface area (Å²) in [5.41, 5.74) is -0.235. The number of H-pyrrole nitrogens is 1. The second kappa shape index (κ2) is 4.50. The predicted molar refractivity (Wildman–Crippen MR) is 57.4 cm³/mol. The minimum Gasteiger partial charge on any atom is -0.328 e. The summed E-state index contributed by atoms with van der Waals surface area (Å²) in [4.78, 5) is 13.4. The molecule has 2 nitrogen and oxygen atoms in total. The Morgan fingerprint density at radius 3 is 2.69 bits per heavy atom. The summed E-state index contributed by atoms with van der Waals surface area (Å²) in [5, 5.41) is 0.305. The number of halogens is 4. The van der Waals surface area contributed by atoms with Crippen LogP contribution in [0.1, 0.15) is 17.6 Å². The van der Waals surface area contributed by atoms with Crippen LogP contribution in [-0.2, 0) is 5.33 Å². The molecule has 0 unspecified atom stereocenters. The Labute approximate surface area is 95.0 Å².